The fourth-order valence-corrected chi connectivity index (χ4v) is 2.47. The summed E-state index contributed by atoms with van der Waals surface area (Å²) < 4.78 is 5.80. The molecule has 0 heterocycles. The highest BCUT2D eigenvalue weighted by Gasteiger charge is 2.15. The molecule has 0 saturated heterocycles. The Balaban J connectivity index is 1.99. The molecule has 1 aliphatic rings. The molecule has 1 unspecified atom stereocenters. The molecular weight excluding hydrogens is 228 g/mol. The second-order valence-corrected chi connectivity index (χ2v) is 5.11. The molecule has 3 nitrogen and oxygen atoms in total. The number of carboxylic acid groups (broad SMARTS) is 1. The third-order valence-electron chi connectivity index (χ3n) is 3.40. The first-order valence-corrected chi connectivity index (χ1v) is 6.62. The zero-order valence-electron chi connectivity index (χ0n) is 10.8. The van der Waals surface area contributed by atoms with Crippen molar-refractivity contribution in [3.05, 3.63) is 29.3 Å². The van der Waals surface area contributed by atoms with Crippen molar-refractivity contribution < 1.29 is 14.6 Å². The van der Waals surface area contributed by atoms with E-state index < -0.39 is 5.97 Å². The Hall–Kier alpha value is -1.51. The Bertz CT molecular complexity index is 426. The lowest BCUT2D eigenvalue weighted by Gasteiger charge is -2.20. The number of ether oxygens (including phenoxy) is 1. The van der Waals surface area contributed by atoms with E-state index in [0.29, 0.717) is 6.61 Å². The summed E-state index contributed by atoms with van der Waals surface area (Å²) in [4.78, 5) is 10.6. The number of carboxylic acids is 1. The lowest BCUT2D eigenvalue weighted by atomic mass is 9.91. The highest BCUT2D eigenvalue weighted by atomic mass is 16.5. The molecule has 1 atom stereocenters. The highest BCUT2D eigenvalue weighted by Crippen LogP contribution is 2.29. The standard InChI is InChI=1S/C15H20O3/c1-11(9-15(16)17)10-18-14-8-4-6-12-5-2-3-7-13(12)14/h4,6,8,11H,2-3,5,7,9-10H2,1H3,(H,16,17). The minimum absolute atomic E-state index is 0.0435. The maximum Gasteiger partial charge on any atom is 0.303 e. The second kappa shape index (κ2) is 5.89. The summed E-state index contributed by atoms with van der Waals surface area (Å²) in [6, 6.07) is 6.20. The summed E-state index contributed by atoms with van der Waals surface area (Å²) >= 11 is 0. The predicted octanol–water partition coefficient (Wildman–Crippen LogP) is 3.06. The summed E-state index contributed by atoms with van der Waals surface area (Å²) in [5.41, 5.74) is 2.72. The third kappa shape index (κ3) is 3.25. The molecule has 2 rings (SSSR count). The van der Waals surface area contributed by atoms with Crippen LogP contribution in [0, 0.1) is 5.92 Å². The van der Waals surface area contributed by atoms with Gasteiger partial charge >= 0.3 is 5.97 Å². The van der Waals surface area contributed by atoms with Gasteiger partial charge in [0.05, 0.1) is 13.0 Å². The van der Waals surface area contributed by atoms with Gasteiger partial charge in [-0.15, -0.1) is 0 Å². The van der Waals surface area contributed by atoms with Gasteiger partial charge in [-0.05, 0) is 42.9 Å². The molecule has 0 amide bonds. The second-order valence-electron chi connectivity index (χ2n) is 5.11. The van der Waals surface area contributed by atoms with Crippen LogP contribution in [0.4, 0.5) is 0 Å². The van der Waals surface area contributed by atoms with Crippen LogP contribution in [0.15, 0.2) is 18.2 Å². The van der Waals surface area contributed by atoms with E-state index in [4.69, 9.17) is 9.84 Å². The van der Waals surface area contributed by atoms with Crippen molar-refractivity contribution in [2.75, 3.05) is 6.61 Å². The van der Waals surface area contributed by atoms with Crippen LogP contribution in [-0.2, 0) is 17.6 Å². The van der Waals surface area contributed by atoms with Crippen LogP contribution in [0.1, 0.15) is 37.3 Å². The van der Waals surface area contributed by atoms with Crippen molar-refractivity contribution in [3.63, 3.8) is 0 Å². The molecule has 0 fully saturated rings. The van der Waals surface area contributed by atoms with E-state index >= 15 is 0 Å². The minimum Gasteiger partial charge on any atom is -0.493 e. The lowest BCUT2D eigenvalue weighted by molar-refractivity contribution is -0.138. The average molecular weight is 248 g/mol. The molecule has 18 heavy (non-hydrogen) atoms. The Morgan fingerprint density at radius 3 is 2.94 bits per heavy atom. The Morgan fingerprint density at radius 2 is 2.17 bits per heavy atom. The maximum atomic E-state index is 10.6. The topological polar surface area (TPSA) is 46.5 Å². The van der Waals surface area contributed by atoms with Gasteiger partial charge in [-0.2, -0.15) is 0 Å². The predicted molar refractivity (Wildman–Crippen MR) is 70.0 cm³/mol. The molecule has 0 spiro atoms. The van der Waals surface area contributed by atoms with E-state index in [1.54, 1.807) is 0 Å². The van der Waals surface area contributed by atoms with Crippen molar-refractivity contribution in [3.8, 4) is 5.75 Å². The van der Waals surface area contributed by atoms with Crippen LogP contribution in [0.25, 0.3) is 0 Å². The number of hydrogen-bond donors (Lipinski definition) is 1. The van der Waals surface area contributed by atoms with Crippen molar-refractivity contribution in [2.45, 2.75) is 39.0 Å². The van der Waals surface area contributed by atoms with E-state index in [-0.39, 0.29) is 12.3 Å². The van der Waals surface area contributed by atoms with Crippen LogP contribution in [0.3, 0.4) is 0 Å². The summed E-state index contributed by atoms with van der Waals surface area (Å²) in [7, 11) is 0. The van der Waals surface area contributed by atoms with Crippen LogP contribution in [0.5, 0.6) is 5.75 Å². The molecule has 0 saturated carbocycles. The first-order valence-electron chi connectivity index (χ1n) is 6.62. The van der Waals surface area contributed by atoms with E-state index in [2.05, 4.69) is 6.07 Å². The van der Waals surface area contributed by atoms with Gasteiger partial charge in [0.15, 0.2) is 0 Å². The zero-order valence-corrected chi connectivity index (χ0v) is 10.8. The Labute approximate surface area is 108 Å². The molecule has 0 radical (unpaired) electrons. The maximum absolute atomic E-state index is 10.6. The molecule has 1 aromatic rings. The molecule has 0 aromatic heterocycles. The number of benzene rings is 1. The van der Waals surface area contributed by atoms with Crippen molar-refractivity contribution in [1.29, 1.82) is 0 Å². The number of aryl methyl sites for hydroxylation is 1. The number of hydrogen-bond acceptors (Lipinski definition) is 2. The zero-order chi connectivity index (χ0) is 13.0. The smallest absolute Gasteiger partial charge is 0.303 e. The first kappa shape index (κ1) is 12.9. The first-order chi connectivity index (χ1) is 8.66. The highest BCUT2D eigenvalue weighted by molar-refractivity contribution is 5.66. The third-order valence-corrected chi connectivity index (χ3v) is 3.40. The van der Waals surface area contributed by atoms with Crippen molar-refractivity contribution in [2.24, 2.45) is 5.92 Å². The van der Waals surface area contributed by atoms with Crippen LogP contribution >= 0.6 is 0 Å². The van der Waals surface area contributed by atoms with E-state index in [9.17, 15) is 4.79 Å². The molecule has 1 aromatic carbocycles. The van der Waals surface area contributed by atoms with Gasteiger partial charge in [0, 0.05) is 5.92 Å². The minimum atomic E-state index is -0.763. The van der Waals surface area contributed by atoms with E-state index in [1.807, 2.05) is 19.1 Å². The summed E-state index contributed by atoms with van der Waals surface area (Å²) in [5.74, 6) is 0.229. The number of rotatable bonds is 5. The van der Waals surface area contributed by atoms with Gasteiger partial charge in [-0.3, -0.25) is 4.79 Å². The molecule has 1 aliphatic carbocycles. The van der Waals surface area contributed by atoms with E-state index in [0.717, 1.165) is 18.6 Å². The number of carbonyl (C=O) groups is 1. The summed E-state index contributed by atoms with van der Waals surface area (Å²) in [6.07, 6.45) is 4.86. The summed E-state index contributed by atoms with van der Waals surface area (Å²) in [6.45, 7) is 2.38. The molecular formula is C15H20O3. The molecule has 3 heteroatoms. The fraction of sp³-hybridized carbons (Fsp3) is 0.533. The van der Waals surface area contributed by atoms with Gasteiger partial charge in [-0.1, -0.05) is 19.1 Å². The van der Waals surface area contributed by atoms with Crippen molar-refractivity contribution >= 4 is 5.97 Å². The van der Waals surface area contributed by atoms with Gasteiger partial charge in [0.25, 0.3) is 0 Å². The summed E-state index contributed by atoms with van der Waals surface area (Å²) in [5, 5.41) is 8.72. The molecule has 98 valence electrons. The number of fused-ring (bicyclic) bond motifs is 1. The van der Waals surface area contributed by atoms with Gasteiger partial charge in [0.1, 0.15) is 5.75 Å². The molecule has 0 bridgehead atoms. The normalized spacial score (nSPS) is 15.8. The fourth-order valence-electron chi connectivity index (χ4n) is 2.47. The molecule has 0 aliphatic heterocycles. The lowest BCUT2D eigenvalue weighted by Crippen LogP contribution is -2.14. The quantitative estimate of drug-likeness (QED) is 0.871. The Morgan fingerprint density at radius 1 is 1.39 bits per heavy atom. The van der Waals surface area contributed by atoms with Crippen LogP contribution < -0.4 is 4.74 Å². The largest absolute Gasteiger partial charge is 0.493 e. The molecule has 1 N–H and O–H groups in total. The Kier molecular flexibility index (Phi) is 4.24. The van der Waals surface area contributed by atoms with Crippen LogP contribution in [0.2, 0.25) is 0 Å². The average Bonchev–Trinajstić information content (AvgIpc) is 2.35. The SMILES string of the molecule is CC(COc1cccc2c1CCCC2)CC(=O)O. The number of aliphatic carboxylic acids is 1. The van der Waals surface area contributed by atoms with Crippen molar-refractivity contribution in [1.82, 2.24) is 0 Å². The van der Waals surface area contributed by atoms with Crippen LogP contribution in [-0.4, -0.2) is 17.7 Å². The van der Waals surface area contributed by atoms with Gasteiger partial charge in [-0.25, -0.2) is 0 Å². The van der Waals surface area contributed by atoms with E-state index in [1.165, 1.54) is 24.0 Å². The van der Waals surface area contributed by atoms with Gasteiger partial charge < -0.3 is 9.84 Å². The monoisotopic (exact) mass is 248 g/mol. The van der Waals surface area contributed by atoms with Gasteiger partial charge in [0.2, 0.25) is 0 Å².